The molecule has 2 N–H and O–H groups in total. The lowest BCUT2D eigenvalue weighted by molar-refractivity contribution is -0.385. The fraction of sp³-hybridized carbons (Fsp3) is 0.412. The van der Waals surface area contributed by atoms with Gasteiger partial charge in [0.05, 0.1) is 11.0 Å². The Morgan fingerprint density at radius 3 is 2.76 bits per heavy atom. The lowest BCUT2D eigenvalue weighted by atomic mass is 10.2. The van der Waals surface area contributed by atoms with E-state index in [4.69, 9.17) is 4.74 Å². The third-order valence-corrected chi connectivity index (χ3v) is 4.06. The summed E-state index contributed by atoms with van der Waals surface area (Å²) in [4.78, 5) is 19.4. The van der Waals surface area contributed by atoms with E-state index in [0.717, 1.165) is 25.0 Å². The molecular formula is C17H21N5O3. The van der Waals surface area contributed by atoms with Gasteiger partial charge in [-0.15, -0.1) is 0 Å². The molecule has 0 unspecified atom stereocenters. The largest absolute Gasteiger partial charge is 0.376 e. The predicted octanol–water partition coefficient (Wildman–Crippen LogP) is 2.90. The Kier molecular flexibility index (Phi) is 5.39. The third-order valence-electron chi connectivity index (χ3n) is 4.06. The van der Waals surface area contributed by atoms with E-state index in [1.807, 2.05) is 30.3 Å². The van der Waals surface area contributed by atoms with Crippen LogP contribution < -0.4 is 10.6 Å². The molecule has 1 aliphatic heterocycles. The van der Waals surface area contributed by atoms with E-state index in [0.29, 0.717) is 24.7 Å². The first-order chi connectivity index (χ1) is 12.1. The highest BCUT2D eigenvalue weighted by atomic mass is 16.6. The van der Waals surface area contributed by atoms with E-state index >= 15 is 0 Å². The van der Waals surface area contributed by atoms with E-state index in [9.17, 15) is 10.1 Å². The first-order valence-electron chi connectivity index (χ1n) is 8.30. The second kappa shape index (κ2) is 7.89. The predicted molar refractivity (Wildman–Crippen MR) is 94.7 cm³/mol. The van der Waals surface area contributed by atoms with Crippen molar-refractivity contribution in [3.05, 3.63) is 51.7 Å². The van der Waals surface area contributed by atoms with Gasteiger partial charge in [0.25, 0.3) is 0 Å². The number of nitrogens with one attached hydrogen (secondary N) is 2. The van der Waals surface area contributed by atoms with Gasteiger partial charge >= 0.3 is 5.69 Å². The summed E-state index contributed by atoms with van der Waals surface area (Å²) in [5, 5.41) is 17.6. The first kappa shape index (κ1) is 17.1. The number of hydrogen-bond acceptors (Lipinski definition) is 7. The second-order valence-electron chi connectivity index (χ2n) is 5.94. The van der Waals surface area contributed by atoms with Gasteiger partial charge in [0.2, 0.25) is 11.8 Å². The van der Waals surface area contributed by atoms with Crippen LogP contribution in [0, 0.1) is 17.0 Å². The number of ether oxygens (including phenoxy) is 1. The van der Waals surface area contributed by atoms with Crippen LogP contribution in [0.4, 0.5) is 17.5 Å². The van der Waals surface area contributed by atoms with Crippen LogP contribution in [0.1, 0.15) is 24.1 Å². The normalized spacial score (nSPS) is 16.6. The molecule has 3 rings (SSSR count). The topological polar surface area (TPSA) is 102 Å². The fourth-order valence-corrected chi connectivity index (χ4v) is 2.78. The minimum atomic E-state index is -0.452. The standard InChI is InChI=1S/C17H21N5O3/c1-12-15(22(23)24)16(18-10-13-6-3-2-4-7-13)21-17(20-12)19-11-14-8-5-9-25-14/h2-4,6-7,14H,5,8-11H2,1H3,(H2,18,19,20,21)/t14-/m1/s1. The third kappa shape index (κ3) is 4.42. The second-order valence-corrected chi connectivity index (χ2v) is 5.94. The number of aromatic nitrogens is 2. The van der Waals surface area contributed by atoms with E-state index < -0.39 is 4.92 Å². The van der Waals surface area contributed by atoms with Crippen LogP contribution in [0.15, 0.2) is 30.3 Å². The molecule has 0 saturated carbocycles. The molecule has 0 amide bonds. The van der Waals surface area contributed by atoms with Crippen molar-refractivity contribution in [2.45, 2.75) is 32.4 Å². The van der Waals surface area contributed by atoms with Crippen LogP contribution in [0.2, 0.25) is 0 Å². The van der Waals surface area contributed by atoms with Crippen LogP contribution >= 0.6 is 0 Å². The van der Waals surface area contributed by atoms with Crippen molar-refractivity contribution in [3.63, 3.8) is 0 Å². The lowest BCUT2D eigenvalue weighted by Gasteiger charge is -2.13. The van der Waals surface area contributed by atoms with Gasteiger partial charge in [-0.25, -0.2) is 4.98 Å². The Hall–Kier alpha value is -2.74. The summed E-state index contributed by atoms with van der Waals surface area (Å²) in [6.07, 6.45) is 2.19. The Labute approximate surface area is 145 Å². The number of nitro groups is 1. The molecule has 25 heavy (non-hydrogen) atoms. The zero-order valence-corrected chi connectivity index (χ0v) is 14.1. The van der Waals surface area contributed by atoms with Gasteiger partial charge in [0.15, 0.2) is 0 Å². The van der Waals surface area contributed by atoms with Crippen molar-refractivity contribution < 1.29 is 9.66 Å². The molecule has 132 valence electrons. The molecule has 1 aromatic carbocycles. The summed E-state index contributed by atoms with van der Waals surface area (Å²) < 4.78 is 5.56. The highest BCUT2D eigenvalue weighted by Gasteiger charge is 2.23. The van der Waals surface area contributed by atoms with Crippen molar-refractivity contribution in [1.82, 2.24) is 9.97 Å². The van der Waals surface area contributed by atoms with Gasteiger partial charge in [-0.2, -0.15) is 4.98 Å². The number of rotatable bonds is 7. The lowest BCUT2D eigenvalue weighted by Crippen LogP contribution is -2.20. The zero-order chi connectivity index (χ0) is 17.6. The van der Waals surface area contributed by atoms with Gasteiger partial charge < -0.3 is 15.4 Å². The molecule has 0 aliphatic carbocycles. The van der Waals surface area contributed by atoms with E-state index in [1.165, 1.54) is 0 Å². The molecular weight excluding hydrogens is 322 g/mol. The quantitative estimate of drug-likeness (QED) is 0.588. The molecule has 1 atom stereocenters. The summed E-state index contributed by atoms with van der Waals surface area (Å²) in [5.74, 6) is 0.588. The van der Waals surface area contributed by atoms with Crippen LogP contribution in [0.25, 0.3) is 0 Å². The average Bonchev–Trinajstić information content (AvgIpc) is 3.12. The monoisotopic (exact) mass is 343 g/mol. The van der Waals surface area contributed by atoms with E-state index in [1.54, 1.807) is 6.92 Å². The molecule has 1 fully saturated rings. The number of hydrogen-bond donors (Lipinski definition) is 2. The Morgan fingerprint density at radius 1 is 1.28 bits per heavy atom. The molecule has 2 aromatic rings. The van der Waals surface area contributed by atoms with Gasteiger partial charge in [-0.1, -0.05) is 30.3 Å². The van der Waals surface area contributed by atoms with Gasteiger partial charge in [0, 0.05) is 19.7 Å². The first-order valence-corrected chi connectivity index (χ1v) is 8.30. The number of benzene rings is 1. The summed E-state index contributed by atoms with van der Waals surface area (Å²) >= 11 is 0. The highest BCUT2D eigenvalue weighted by Crippen LogP contribution is 2.27. The van der Waals surface area contributed by atoms with Crippen molar-refractivity contribution in [2.24, 2.45) is 0 Å². The van der Waals surface area contributed by atoms with Crippen molar-refractivity contribution in [3.8, 4) is 0 Å². The molecule has 1 aromatic heterocycles. The summed E-state index contributed by atoms with van der Waals surface area (Å²) in [6, 6.07) is 9.66. The Morgan fingerprint density at radius 2 is 2.08 bits per heavy atom. The molecule has 0 spiro atoms. The van der Waals surface area contributed by atoms with Crippen molar-refractivity contribution in [2.75, 3.05) is 23.8 Å². The smallest absolute Gasteiger partial charge is 0.332 e. The fourth-order valence-electron chi connectivity index (χ4n) is 2.78. The Balaban J connectivity index is 1.76. The minimum absolute atomic E-state index is 0.0985. The molecule has 0 radical (unpaired) electrons. The van der Waals surface area contributed by atoms with Gasteiger partial charge in [-0.3, -0.25) is 10.1 Å². The van der Waals surface area contributed by atoms with Gasteiger partial charge in [0.1, 0.15) is 5.69 Å². The zero-order valence-electron chi connectivity index (χ0n) is 14.1. The van der Waals surface area contributed by atoms with Gasteiger partial charge in [-0.05, 0) is 25.3 Å². The summed E-state index contributed by atoms with van der Waals surface area (Å²) in [6.45, 7) is 3.43. The van der Waals surface area contributed by atoms with Crippen molar-refractivity contribution >= 4 is 17.5 Å². The maximum absolute atomic E-state index is 11.4. The molecule has 2 heterocycles. The summed E-state index contributed by atoms with van der Waals surface area (Å²) in [7, 11) is 0. The summed E-state index contributed by atoms with van der Waals surface area (Å²) in [5.41, 5.74) is 1.24. The number of aryl methyl sites for hydroxylation is 1. The number of anilines is 2. The van der Waals surface area contributed by atoms with Crippen LogP contribution in [0.5, 0.6) is 0 Å². The molecule has 1 aliphatic rings. The van der Waals surface area contributed by atoms with E-state index in [-0.39, 0.29) is 17.6 Å². The maximum atomic E-state index is 11.4. The number of nitrogens with zero attached hydrogens (tertiary/aromatic N) is 3. The maximum Gasteiger partial charge on any atom is 0.332 e. The van der Waals surface area contributed by atoms with Crippen molar-refractivity contribution in [1.29, 1.82) is 0 Å². The van der Waals surface area contributed by atoms with Crippen LogP contribution in [-0.4, -0.2) is 34.1 Å². The SMILES string of the molecule is Cc1nc(NC[C@H]2CCCO2)nc(NCc2ccccc2)c1[N+](=O)[O-]. The average molecular weight is 343 g/mol. The molecule has 1 saturated heterocycles. The van der Waals surface area contributed by atoms with Crippen LogP contribution in [0.3, 0.4) is 0 Å². The van der Waals surface area contributed by atoms with Crippen LogP contribution in [-0.2, 0) is 11.3 Å². The molecule has 8 nitrogen and oxygen atoms in total. The van der Waals surface area contributed by atoms with E-state index in [2.05, 4.69) is 20.6 Å². The highest BCUT2D eigenvalue weighted by molar-refractivity contribution is 5.61. The molecule has 0 bridgehead atoms. The Bertz CT molecular complexity index is 733. The molecule has 8 heteroatoms. The minimum Gasteiger partial charge on any atom is -0.376 e.